The largest absolute Gasteiger partial charge is 0.368 e. The quantitative estimate of drug-likeness (QED) is 0.641. The topological polar surface area (TPSA) is 9.23 Å². The van der Waals surface area contributed by atoms with Crippen molar-refractivity contribution in [3.8, 4) is 0 Å². The number of ether oxygens (including phenoxy) is 1. The van der Waals surface area contributed by atoms with Crippen LogP contribution in [0.2, 0.25) is 0 Å². The average molecular weight is 379 g/mol. The second kappa shape index (κ2) is 9.17. The first-order valence-electron chi connectivity index (χ1n) is 8.78. The van der Waals surface area contributed by atoms with Crippen LogP contribution in [-0.2, 0) is 4.74 Å². The van der Waals surface area contributed by atoms with E-state index in [1.165, 1.54) is 48.7 Å². The highest BCUT2D eigenvalue weighted by Crippen LogP contribution is 2.43. The maximum absolute atomic E-state index is 5.78. The average Bonchev–Trinajstić information content (AvgIpc) is 2.56. The van der Waals surface area contributed by atoms with Crippen molar-refractivity contribution in [1.29, 1.82) is 0 Å². The third-order valence-corrected chi connectivity index (χ3v) is 11.4. The van der Waals surface area contributed by atoms with Crippen LogP contribution in [0.15, 0.2) is 0 Å². The molecule has 3 saturated heterocycles. The molecule has 0 amide bonds. The predicted octanol–water partition coefficient (Wildman–Crippen LogP) is 5.45. The van der Waals surface area contributed by atoms with Crippen LogP contribution in [-0.4, -0.2) is 44.9 Å². The van der Waals surface area contributed by atoms with Gasteiger partial charge in [0, 0.05) is 11.0 Å². The second-order valence-electron chi connectivity index (χ2n) is 7.09. The molecule has 0 aromatic carbocycles. The number of thioether (sulfide) groups is 4. The Labute approximate surface area is 153 Å². The molecule has 0 saturated carbocycles. The Bertz CT molecular complexity index is 317. The van der Waals surface area contributed by atoms with E-state index in [2.05, 4.69) is 49.1 Å². The van der Waals surface area contributed by atoms with Crippen molar-refractivity contribution >= 4 is 47.0 Å². The summed E-state index contributed by atoms with van der Waals surface area (Å²) in [6.45, 7) is 5.59. The van der Waals surface area contributed by atoms with Gasteiger partial charge >= 0.3 is 0 Å². The van der Waals surface area contributed by atoms with Crippen LogP contribution in [0.3, 0.4) is 0 Å². The molecule has 0 N–H and O–H groups in total. The summed E-state index contributed by atoms with van der Waals surface area (Å²) in [4.78, 5) is 0. The summed E-state index contributed by atoms with van der Waals surface area (Å²) in [6.07, 6.45) is 5.69. The van der Waals surface area contributed by atoms with Crippen LogP contribution in [0.4, 0.5) is 0 Å². The van der Waals surface area contributed by atoms with Gasteiger partial charge in [0.25, 0.3) is 0 Å². The van der Waals surface area contributed by atoms with Gasteiger partial charge in [0.05, 0.1) is 16.6 Å². The molecule has 3 rings (SSSR count). The molecule has 1 nitrogen and oxygen atoms in total. The van der Waals surface area contributed by atoms with Crippen molar-refractivity contribution < 1.29 is 4.74 Å². The zero-order valence-corrected chi connectivity index (χ0v) is 17.1. The van der Waals surface area contributed by atoms with Gasteiger partial charge < -0.3 is 4.74 Å². The van der Waals surface area contributed by atoms with Gasteiger partial charge in [0.1, 0.15) is 0 Å². The highest BCUT2D eigenvalue weighted by atomic mass is 32.2. The molecule has 3 aliphatic rings. The van der Waals surface area contributed by atoms with E-state index >= 15 is 0 Å². The lowest BCUT2D eigenvalue weighted by molar-refractivity contribution is 0.0834. The normalized spacial score (nSPS) is 43.9. The predicted molar refractivity (Wildman–Crippen MR) is 107 cm³/mol. The zero-order valence-electron chi connectivity index (χ0n) is 13.9. The van der Waals surface area contributed by atoms with Gasteiger partial charge in [0.2, 0.25) is 0 Å². The van der Waals surface area contributed by atoms with Gasteiger partial charge in [-0.3, -0.25) is 0 Å². The summed E-state index contributed by atoms with van der Waals surface area (Å²) in [5.41, 5.74) is 0.422. The molecule has 0 radical (unpaired) electrons. The van der Waals surface area contributed by atoms with E-state index in [1.54, 1.807) is 0 Å². The Kier molecular flexibility index (Phi) is 7.57. The maximum Gasteiger partial charge on any atom is 0.0999 e. The molecular weight excluding hydrogens is 348 g/mol. The maximum atomic E-state index is 5.78. The van der Waals surface area contributed by atoms with E-state index < -0.39 is 0 Å². The molecule has 4 unspecified atom stereocenters. The number of hydrogen-bond donors (Lipinski definition) is 0. The highest BCUT2D eigenvalue weighted by molar-refractivity contribution is 8.17. The lowest BCUT2D eigenvalue weighted by Gasteiger charge is -2.36. The third kappa shape index (κ3) is 5.44. The van der Waals surface area contributed by atoms with E-state index in [0.29, 0.717) is 5.44 Å². The Morgan fingerprint density at radius 2 is 1.68 bits per heavy atom. The van der Waals surface area contributed by atoms with Gasteiger partial charge in [-0.2, -0.15) is 11.8 Å². The summed E-state index contributed by atoms with van der Waals surface area (Å²) in [5.74, 6) is 8.26. The van der Waals surface area contributed by atoms with E-state index in [4.69, 9.17) is 4.74 Å². The van der Waals surface area contributed by atoms with Crippen LogP contribution >= 0.6 is 47.0 Å². The molecule has 3 aliphatic heterocycles. The van der Waals surface area contributed by atoms with E-state index in [9.17, 15) is 0 Å². The van der Waals surface area contributed by atoms with Crippen molar-refractivity contribution in [2.24, 2.45) is 17.8 Å². The van der Waals surface area contributed by atoms with E-state index in [0.717, 1.165) is 34.2 Å². The van der Waals surface area contributed by atoms with Crippen molar-refractivity contribution in [3.05, 3.63) is 0 Å². The Morgan fingerprint density at radius 1 is 0.864 bits per heavy atom. The van der Waals surface area contributed by atoms with Crippen molar-refractivity contribution in [3.63, 3.8) is 0 Å². The Morgan fingerprint density at radius 3 is 2.32 bits per heavy atom. The molecule has 128 valence electrons. The highest BCUT2D eigenvalue weighted by Gasteiger charge is 2.31. The fourth-order valence-electron chi connectivity index (χ4n) is 3.39. The zero-order chi connectivity index (χ0) is 15.4. The van der Waals surface area contributed by atoms with Gasteiger partial charge in [0.15, 0.2) is 0 Å². The number of rotatable bonds is 4. The van der Waals surface area contributed by atoms with Crippen LogP contribution in [0.5, 0.6) is 0 Å². The lowest BCUT2D eigenvalue weighted by Crippen LogP contribution is -2.31. The third-order valence-electron chi connectivity index (χ3n) is 5.00. The minimum Gasteiger partial charge on any atom is -0.368 e. The minimum absolute atomic E-state index is 0.422. The fourth-order valence-corrected chi connectivity index (χ4v) is 9.36. The second-order valence-corrected chi connectivity index (χ2v) is 12.5. The van der Waals surface area contributed by atoms with Crippen LogP contribution in [0.1, 0.15) is 39.5 Å². The molecule has 0 aliphatic carbocycles. The van der Waals surface area contributed by atoms with Crippen LogP contribution in [0, 0.1) is 17.8 Å². The standard InChI is InChI=1S/C17H30OS4/c1-12-3-5-16(20-8-12)15-10-21-17(22-11-15)6-4-14-7-18-13(2)19-9-14/h12-17H,3-11H2,1-2H3. The molecule has 0 bridgehead atoms. The monoisotopic (exact) mass is 378 g/mol. The van der Waals surface area contributed by atoms with Crippen LogP contribution in [0.25, 0.3) is 0 Å². The van der Waals surface area contributed by atoms with E-state index in [-0.39, 0.29) is 0 Å². The molecule has 0 aromatic rings. The van der Waals surface area contributed by atoms with Gasteiger partial charge in [-0.1, -0.05) is 6.92 Å². The summed E-state index contributed by atoms with van der Waals surface area (Å²) in [5, 5.41) is 0.960. The van der Waals surface area contributed by atoms with E-state index in [1.807, 2.05) is 11.8 Å². The molecule has 4 atom stereocenters. The summed E-state index contributed by atoms with van der Waals surface area (Å²) >= 11 is 8.78. The minimum atomic E-state index is 0.422. The molecular formula is C17H30OS4. The SMILES string of the molecule is CC1CCC(C2CSC(CCC3COC(C)SC3)SC2)SC1. The first-order chi connectivity index (χ1) is 10.7. The number of hydrogen-bond acceptors (Lipinski definition) is 5. The summed E-state index contributed by atoms with van der Waals surface area (Å²) in [6, 6.07) is 0. The first kappa shape index (κ1) is 18.2. The smallest absolute Gasteiger partial charge is 0.0999 e. The summed E-state index contributed by atoms with van der Waals surface area (Å²) in [7, 11) is 0. The molecule has 0 spiro atoms. The molecule has 22 heavy (non-hydrogen) atoms. The van der Waals surface area contributed by atoms with Crippen molar-refractivity contribution in [2.45, 2.75) is 54.8 Å². The van der Waals surface area contributed by atoms with Crippen LogP contribution < -0.4 is 0 Å². The van der Waals surface area contributed by atoms with Gasteiger partial charge in [-0.25, -0.2) is 0 Å². The fraction of sp³-hybridized carbons (Fsp3) is 1.00. The van der Waals surface area contributed by atoms with Crippen molar-refractivity contribution in [1.82, 2.24) is 0 Å². The molecule has 3 heterocycles. The Balaban J connectivity index is 1.32. The first-order valence-corrected chi connectivity index (χ1v) is 13.0. The molecule has 5 heteroatoms. The lowest BCUT2D eigenvalue weighted by atomic mass is 9.99. The molecule has 0 aromatic heterocycles. The van der Waals surface area contributed by atoms with Gasteiger partial charge in [-0.15, -0.1) is 35.3 Å². The summed E-state index contributed by atoms with van der Waals surface area (Å²) < 4.78 is 6.64. The van der Waals surface area contributed by atoms with Gasteiger partial charge in [-0.05, 0) is 67.6 Å². The molecule has 3 fully saturated rings. The Hall–Kier alpha value is 1.36. The van der Waals surface area contributed by atoms with Crippen molar-refractivity contribution in [2.75, 3.05) is 29.6 Å².